The third-order valence-corrected chi connectivity index (χ3v) is 6.61. The van der Waals surface area contributed by atoms with Crippen LogP contribution in [-0.2, 0) is 9.59 Å². The van der Waals surface area contributed by atoms with E-state index in [1.165, 1.54) is 31.6 Å². The standard InChI is InChI=1S/C29H32ClN7O3/c1-19(18-37-14-7-4-8-15-37)27(39)32-20-10-9-11-21(16-20)33-29-31-17-23(30)26(35-29)34-24-13-6-5-12-22(24)25(38)28(40)36(2)3/h5-6,9-13,16-17H,1,4,7-8,14-15,18H2,2-3H3,(H,32,39)(H2,31,33,34,35). The van der Waals surface area contributed by atoms with Gasteiger partial charge in [-0.05, 0) is 56.3 Å². The average molecular weight is 562 g/mol. The maximum atomic E-state index is 12.7. The molecule has 0 atom stereocenters. The van der Waals surface area contributed by atoms with Crippen molar-refractivity contribution in [1.82, 2.24) is 19.8 Å². The first-order valence-corrected chi connectivity index (χ1v) is 13.3. The quantitative estimate of drug-likeness (QED) is 0.182. The van der Waals surface area contributed by atoms with E-state index in [-0.39, 0.29) is 28.3 Å². The van der Waals surface area contributed by atoms with Crippen molar-refractivity contribution < 1.29 is 14.4 Å². The summed E-state index contributed by atoms with van der Waals surface area (Å²) in [7, 11) is 3.03. The number of halogens is 1. The molecule has 0 radical (unpaired) electrons. The predicted octanol–water partition coefficient (Wildman–Crippen LogP) is 4.87. The number of ketones is 1. The molecule has 208 valence electrons. The third kappa shape index (κ3) is 7.43. The number of Topliss-reactive ketones (excluding diaryl/α,β-unsaturated/α-hetero) is 1. The van der Waals surface area contributed by atoms with Gasteiger partial charge in [0.25, 0.3) is 17.6 Å². The Bertz CT molecular complexity index is 1420. The number of nitrogens with one attached hydrogen (secondary N) is 3. The number of likely N-dealkylation sites (tertiary alicyclic amines) is 1. The minimum absolute atomic E-state index is 0.190. The third-order valence-electron chi connectivity index (χ3n) is 6.33. The highest BCUT2D eigenvalue weighted by Crippen LogP contribution is 2.28. The van der Waals surface area contributed by atoms with Crippen LogP contribution < -0.4 is 16.0 Å². The fourth-order valence-electron chi connectivity index (χ4n) is 4.23. The predicted molar refractivity (Wildman–Crippen MR) is 158 cm³/mol. The fourth-order valence-corrected chi connectivity index (χ4v) is 4.37. The number of carbonyl (C=O) groups excluding carboxylic acids is 3. The molecule has 1 aliphatic heterocycles. The average Bonchev–Trinajstić information content (AvgIpc) is 2.95. The highest BCUT2D eigenvalue weighted by Gasteiger charge is 2.22. The summed E-state index contributed by atoms with van der Waals surface area (Å²) >= 11 is 6.34. The normalized spacial score (nSPS) is 13.3. The van der Waals surface area contributed by atoms with E-state index in [0.29, 0.717) is 29.2 Å². The van der Waals surface area contributed by atoms with Crippen LogP contribution in [-0.4, -0.2) is 71.1 Å². The maximum Gasteiger partial charge on any atom is 0.294 e. The Hall–Kier alpha value is -4.28. The van der Waals surface area contributed by atoms with Gasteiger partial charge in [0.05, 0.1) is 17.4 Å². The number of nitrogens with zero attached hydrogens (tertiary/aromatic N) is 4. The summed E-state index contributed by atoms with van der Waals surface area (Å²) in [4.78, 5) is 49.8. The van der Waals surface area contributed by atoms with Crippen LogP contribution in [0.5, 0.6) is 0 Å². The zero-order valence-electron chi connectivity index (χ0n) is 22.5. The van der Waals surface area contributed by atoms with Crippen molar-refractivity contribution in [3.63, 3.8) is 0 Å². The number of rotatable bonds is 10. The second kappa shape index (κ2) is 13.2. The molecule has 40 heavy (non-hydrogen) atoms. The Kier molecular flexibility index (Phi) is 9.47. The first kappa shape index (κ1) is 28.7. The lowest BCUT2D eigenvalue weighted by Gasteiger charge is -2.26. The molecule has 3 aromatic rings. The fraction of sp³-hybridized carbons (Fsp3) is 0.276. The maximum absolute atomic E-state index is 12.7. The molecule has 1 fully saturated rings. The number of benzene rings is 2. The van der Waals surface area contributed by atoms with Gasteiger partial charge in [-0.15, -0.1) is 0 Å². The van der Waals surface area contributed by atoms with Crippen molar-refractivity contribution in [1.29, 1.82) is 0 Å². The number of piperidine rings is 1. The molecule has 1 aliphatic rings. The van der Waals surface area contributed by atoms with Gasteiger partial charge in [0.2, 0.25) is 5.95 Å². The van der Waals surface area contributed by atoms with Crippen LogP contribution in [0.1, 0.15) is 29.6 Å². The number of carbonyl (C=O) groups is 3. The molecule has 0 unspecified atom stereocenters. The minimum atomic E-state index is -0.658. The molecule has 3 N–H and O–H groups in total. The summed E-state index contributed by atoms with van der Waals surface area (Å²) in [6, 6.07) is 13.8. The van der Waals surface area contributed by atoms with E-state index >= 15 is 0 Å². The summed E-state index contributed by atoms with van der Waals surface area (Å²) in [5, 5.41) is 9.27. The van der Waals surface area contributed by atoms with Gasteiger partial charge in [-0.2, -0.15) is 4.98 Å². The van der Waals surface area contributed by atoms with Crippen LogP contribution in [0.15, 0.2) is 66.9 Å². The van der Waals surface area contributed by atoms with Gasteiger partial charge >= 0.3 is 0 Å². The lowest BCUT2D eigenvalue weighted by molar-refractivity contribution is -0.124. The second-order valence-corrected chi connectivity index (χ2v) is 10.1. The summed E-state index contributed by atoms with van der Waals surface area (Å²) < 4.78 is 0. The van der Waals surface area contributed by atoms with Crippen LogP contribution in [0.25, 0.3) is 0 Å². The molecule has 0 aliphatic carbocycles. The van der Waals surface area contributed by atoms with Crippen LogP contribution in [0.4, 0.5) is 28.8 Å². The zero-order valence-corrected chi connectivity index (χ0v) is 23.3. The van der Waals surface area contributed by atoms with Crippen LogP contribution in [0.3, 0.4) is 0 Å². The molecule has 2 heterocycles. The lowest BCUT2D eigenvalue weighted by Crippen LogP contribution is -2.33. The smallest absolute Gasteiger partial charge is 0.294 e. The molecule has 2 amide bonds. The number of para-hydroxylation sites is 1. The van der Waals surface area contributed by atoms with Gasteiger partial charge in [-0.25, -0.2) is 4.98 Å². The topological polar surface area (TPSA) is 120 Å². The molecular weight excluding hydrogens is 530 g/mol. The number of hydrogen-bond acceptors (Lipinski definition) is 8. The van der Waals surface area contributed by atoms with Crippen LogP contribution in [0, 0.1) is 0 Å². The Balaban J connectivity index is 1.45. The summed E-state index contributed by atoms with van der Waals surface area (Å²) in [6.07, 6.45) is 4.94. The first-order valence-electron chi connectivity index (χ1n) is 12.9. The van der Waals surface area contributed by atoms with E-state index in [9.17, 15) is 14.4 Å². The molecule has 0 saturated carbocycles. The molecule has 4 rings (SSSR count). The SMILES string of the molecule is C=C(CN1CCCCC1)C(=O)Nc1cccc(Nc2ncc(Cl)c(Nc3ccccc3C(=O)C(=O)N(C)C)n2)c1. The summed E-state index contributed by atoms with van der Waals surface area (Å²) in [5.74, 6) is -1.05. The number of amides is 2. The Morgan fingerprint density at radius 3 is 2.48 bits per heavy atom. The van der Waals surface area contributed by atoms with Gasteiger partial charge in [-0.3, -0.25) is 19.3 Å². The molecule has 11 heteroatoms. The first-order chi connectivity index (χ1) is 19.2. The lowest BCUT2D eigenvalue weighted by atomic mass is 10.1. The summed E-state index contributed by atoms with van der Waals surface area (Å²) in [6.45, 7) is 6.50. The Labute approximate surface area is 238 Å². The Morgan fingerprint density at radius 1 is 1.00 bits per heavy atom. The number of aromatic nitrogens is 2. The van der Waals surface area contributed by atoms with Crippen molar-refractivity contribution in [2.24, 2.45) is 0 Å². The van der Waals surface area contributed by atoms with Crippen molar-refractivity contribution >= 4 is 58.0 Å². The largest absolute Gasteiger partial charge is 0.342 e. The number of anilines is 5. The summed E-state index contributed by atoms with van der Waals surface area (Å²) in [5.41, 5.74) is 2.32. The van der Waals surface area contributed by atoms with E-state index in [1.807, 2.05) is 6.07 Å². The molecular formula is C29H32ClN7O3. The molecule has 0 bridgehead atoms. The highest BCUT2D eigenvalue weighted by molar-refractivity contribution is 6.43. The zero-order chi connectivity index (χ0) is 28.6. The molecule has 0 spiro atoms. The Morgan fingerprint density at radius 2 is 1.73 bits per heavy atom. The van der Waals surface area contributed by atoms with Gasteiger partial charge in [-0.1, -0.05) is 42.8 Å². The van der Waals surface area contributed by atoms with Crippen molar-refractivity contribution in [2.75, 3.05) is 49.7 Å². The van der Waals surface area contributed by atoms with Gasteiger partial charge in [0.1, 0.15) is 5.02 Å². The van der Waals surface area contributed by atoms with E-state index in [4.69, 9.17) is 11.6 Å². The van der Waals surface area contributed by atoms with Crippen LogP contribution in [0.2, 0.25) is 5.02 Å². The van der Waals surface area contributed by atoms with Gasteiger partial charge in [0.15, 0.2) is 5.82 Å². The molecule has 1 aromatic heterocycles. The van der Waals surface area contributed by atoms with E-state index < -0.39 is 11.7 Å². The van der Waals surface area contributed by atoms with E-state index in [2.05, 4.69) is 37.4 Å². The number of likely N-dealkylation sites (N-methyl/N-ethyl adjacent to an activating group) is 1. The van der Waals surface area contributed by atoms with Crippen molar-refractivity contribution in [3.8, 4) is 0 Å². The van der Waals surface area contributed by atoms with Gasteiger partial charge < -0.3 is 20.9 Å². The van der Waals surface area contributed by atoms with Gasteiger partial charge in [0, 0.05) is 37.6 Å². The molecule has 10 nitrogen and oxygen atoms in total. The van der Waals surface area contributed by atoms with E-state index in [1.54, 1.807) is 42.5 Å². The van der Waals surface area contributed by atoms with E-state index in [0.717, 1.165) is 25.9 Å². The van der Waals surface area contributed by atoms with Crippen LogP contribution >= 0.6 is 11.6 Å². The molecule has 2 aromatic carbocycles. The highest BCUT2D eigenvalue weighted by atomic mass is 35.5. The van der Waals surface area contributed by atoms with Crippen molar-refractivity contribution in [3.05, 3.63) is 77.5 Å². The number of hydrogen-bond donors (Lipinski definition) is 3. The van der Waals surface area contributed by atoms with Crippen molar-refractivity contribution in [2.45, 2.75) is 19.3 Å². The molecule has 1 saturated heterocycles. The minimum Gasteiger partial charge on any atom is -0.342 e. The second-order valence-electron chi connectivity index (χ2n) is 9.69. The monoisotopic (exact) mass is 561 g/mol.